The number of nitrogens with zero attached hydrogens (tertiary/aromatic N) is 6. The van der Waals surface area contributed by atoms with E-state index in [9.17, 15) is 18.8 Å². The number of benzene rings is 1. The van der Waals surface area contributed by atoms with Crippen molar-refractivity contribution < 1.29 is 23.5 Å². The summed E-state index contributed by atoms with van der Waals surface area (Å²) in [5.41, 5.74) is 7.70. The van der Waals surface area contributed by atoms with Crippen molar-refractivity contribution in [3.8, 4) is 16.9 Å². The number of fused-ring (bicyclic) bond motifs is 1. The lowest BCUT2D eigenvalue weighted by molar-refractivity contribution is -0.137. The molecule has 40 heavy (non-hydrogen) atoms. The number of carbonyl (C=O) groups excluding carboxylic acids is 3. The smallest absolute Gasteiger partial charge is 0.248 e. The predicted octanol–water partition coefficient (Wildman–Crippen LogP) is 3.02. The van der Waals surface area contributed by atoms with Gasteiger partial charge in [0.2, 0.25) is 17.8 Å². The Hall–Kier alpha value is -4.46. The van der Waals surface area contributed by atoms with Gasteiger partial charge >= 0.3 is 0 Å². The number of anilines is 2. The minimum absolute atomic E-state index is 0.137. The minimum Gasteiger partial charge on any atom is -0.497 e. The molecule has 1 fully saturated rings. The first-order chi connectivity index (χ1) is 19.1. The Balaban J connectivity index is 1.40. The van der Waals surface area contributed by atoms with Gasteiger partial charge in [0.05, 0.1) is 19.2 Å². The molecule has 1 aliphatic rings. The number of nitrogen functional groups attached to an aromatic ring is 1. The van der Waals surface area contributed by atoms with Crippen molar-refractivity contribution in [2.24, 2.45) is 0 Å². The average Bonchev–Trinajstić information content (AvgIpc) is 3.49. The Labute approximate surface area is 235 Å². The molecule has 1 aliphatic heterocycles. The topological polar surface area (TPSA) is 158 Å². The van der Waals surface area contributed by atoms with Gasteiger partial charge < -0.3 is 20.7 Å². The molecule has 0 saturated carbocycles. The number of pyridine rings is 1. The van der Waals surface area contributed by atoms with E-state index in [0.29, 0.717) is 26.8 Å². The maximum atomic E-state index is 14.5. The fourth-order valence-corrected chi connectivity index (χ4v) is 5.04. The molecule has 1 saturated heterocycles. The number of likely N-dealkylation sites (tertiary alicyclic amines) is 1. The summed E-state index contributed by atoms with van der Waals surface area (Å²) in [6.07, 6.45) is 1.60. The Kier molecular flexibility index (Phi) is 7.43. The zero-order chi connectivity index (χ0) is 28.6. The van der Waals surface area contributed by atoms with Crippen LogP contribution in [0.1, 0.15) is 23.8 Å². The quantitative estimate of drug-likeness (QED) is 0.237. The zero-order valence-corrected chi connectivity index (χ0v) is 23.1. The molecule has 4 heterocycles. The Bertz CT molecular complexity index is 1630. The number of Topliss-reactive ketones (excluding diaryl/α,β-unsaturated/α-hetero) is 1. The number of alkyl halides is 1. The first-order valence-corrected chi connectivity index (χ1v) is 13.0. The fraction of sp³-hybridized carbons (Fsp3) is 0.269. The number of carbonyl (C=O) groups is 3. The average molecular weight is 611 g/mol. The van der Waals surface area contributed by atoms with Crippen LogP contribution >= 0.6 is 15.9 Å². The van der Waals surface area contributed by atoms with E-state index in [1.54, 1.807) is 36.7 Å². The van der Waals surface area contributed by atoms with Crippen molar-refractivity contribution in [3.63, 3.8) is 0 Å². The van der Waals surface area contributed by atoms with Crippen molar-refractivity contribution in [3.05, 3.63) is 53.0 Å². The highest BCUT2D eigenvalue weighted by Gasteiger charge is 2.40. The second-order valence-electron chi connectivity index (χ2n) is 9.22. The molecule has 0 unspecified atom stereocenters. The number of halogens is 2. The van der Waals surface area contributed by atoms with Crippen LogP contribution in [0.4, 0.5) is 16.2 Å². The molecule has 0 spiro atoms. The van der Waals surface area contributed by atoms with Crippen molar-refractivity contribution in [1.29, 1.82) is 0 Å². The van der Waals surface area contributed by atoms with E-state index < -0.39 is 24.0 Å². The predicted molar refractivity (Wildman–Crippen MR) is 147 cm³/mol. The highest BCUT2D eigenvalue weighted by molar-refractivity contribution is 9.10. The number of ketones is 1. The van der Waals surface area contributed by atoms with E-state index in [-0.39, 0.29) is 42.8 Å². The summed E-state index contributed by atoms with van der Waals surface area (Å²) in [5.74, 6) is -0.600. The number of rotatable bonds is 7. The van der Waals surface area contributed by atoms with E-state index in [2.05, 4.69) is 41.3 Å². The van der Waals surface area contributed by atoms with Gasteiger partial charge in [-0.2, -0.15) is 5.10 Å². The van der Waals surface area contributed by atoms with E-state index in [4.69, 9.17) is 10.5 Å². The maximum Gasteiger partial charge on any atom is 0.248 e. The summed E-state index contributed by atoms with van der Waals surface area (Å²) < 4.78 is 21.5. The van der Waals surface area contributed by atoms with Crippen LogP contribution in [0.2, 0.25) is 0 Å². The number of methoxy groups -OCH3 is 1. The number of hydrogen-bond donors (Lipinski definition) is 2. The van der Waals surface area contributed by atoms with E-state index in [1.165, 1.54) is 29.7 Å². The number of amides is 2. The van der Waals surface area contributed by atoms with Gasteiger partial charge in [-0.05, 0) is 33.6 Å². The molecule has 206 valence electrons. The number of nitrogens with two attached hydrogens (primary N) is 1. The van der Waals surface area contributed by atoms with Crippen LogP contribution in [0.3, 0.4) is 0 Å². The zero-order valence-electron chi connectivity index (χ0n) is 21.5. The summed E-state index contributed by atoms with van der Waals surface area (Å²) >= 11 is 3.25. The van der Waals surface area contributed by atoms with E-state index >= 15 is 0 Å². The van der Waals surface area contributed by atoms with Gasteiger partial charge in [-0.25, -0.2) is 19.3 Å². The first-order valence-electron chi connectivity index (χ1n) is 12.2. The molecule has 2 atom stereocenters. The molecule has 2 amide bonds. The van der Waals surface area contributed by atoms with Gasteiger partial charge in [0.25, 0.3) is 0 Å². The molecule has 12 nitrogen and oxygen atoms in total. The monoisotopic (exact) mass is 610 g/mol. The van der Waals surface area contributed by atoms with E-state index in [1.807, 2.05) is 0 Å². The van der Waals surface area contributed by atoms with Gasteiger partial charge in [0.15, 0.2) is 5.78 Å². The summed E-state index contributed by atoms with van der Waals surface area (Å²) in [6, 6.07) is 7.35. The molecule has 3 aromatic heterocycles. The number of ether oxygens (including phenoxy) is 1. The molecule has 14 heteroatoms. The van der Waals surface area contributed by atoms with E-state index in [0.717, 1.165) is 5.56 Å². The molecule has 0 radical (unpaired) electrons. The SMILES string of the molecule is COc1cc(Br)nc(NC(=O)[C@@H]2C[C@@H](F)CN2C(=O)Cn2nc(C(C)=O)c3cc(-c4cnc(N)nc4)ccc32)c1. The lowest BCUT2D eigenvalue weighted by atomic mass is 10.0. The van der Waals surface area contributed by atoms with Crippen LogP contribution in [0.15, 0.2) is 47.3 Å². The second kappa shape index (κ2) is 11.0. The van der Waals surface area contributed by atoms with Crippen LogP contribution in [-0.4, -0.2) is 73.1 Å². The Morgan fingerprint density at radius 1 is 1.18 bits per heavy atom. The Morgan fingerprint density at radius 2 is 1.93 bits per heavy atom. The van der Waals surface area contributed by atoms with Crippen LogP contribution in [0.5, 0.6) is 5.75 Å². The summed E-state index contributed by atoms with van der Waals surface area (Å²) in [6.45, 7) is 0.839. The van der Waals surface area contributed by atoms with Crippen LogP contribution in [0, 0.1) is 0 Å². The van der Waals surface area contributed by atoms with Crippen molar-refractivity contribution in [2.45, 2.75) is 32.1 Å². The largest absolute Gasteiger partial charge is 0.497 e. The van der Waals surface area contributed by atoms with Gasteiger partial charge in [-0.15, -0.1) is 0 Å². The highest BCUT2D eigenvalue weighted by atomic mass is 79.9. The minimum atomic E-state index is -1.38. The fourth-order valence-electron chi connectivity index (χ4n) is 4.62. The van der Waals surface area contributed by atoms with Crippen molar-refractivity contribution in [2.75, 3.05) is 24.7 Å². The molecule has 3 N–H and O–H groups in total. The lowest BCUT2D eigenvalue weighted by Gasteiger charge is -2.23. The third kappa shape index (κ3) is 5.47. The standard InChI is InChI=1S/C26H24BrFN8O4/c1-13(37)24-18-5-14(15-9-30-26(29)31-10-15)3-4-19(18)36(34-24)12-23(38)35-11-16(28)6-20(35)25(39)33-22-8-17(40-2)7-21(27)32-22/h3-5,7-10,16,20H,6,11-12H2,1-2H3,(H2,29,30,31)(H,32,33,39)/t16-,20+/m1/s1. The summed E-state index contributed by atoms with van der Waals surface area (Å²) in [5, 5.41) is 7.55. The first kappa shape index (κ1) is 27.1. The van der Waals surface area contributed by atoms with Gasteiger partial charge in [-0.1, -0.05) is 6.07 Å². The molecule has 4 aromatic rings. The number of aromatic nitrogens is 5. The highest BCUT2D eigenvalue weighted by Crippen LogP contribution is 2.28. The van der Waals surface area contributed by atoms with Gasteiger partial charge in [-0.3, -0.25) is 19.1 Å². The van der Waals surface area contributed by atoms with Crippen LogP contribution in [0.25, 0.3) is 22.0 Å². The molecule has 5 rings (SSSR count). The molecule has 1 aromatic carbocycles. The Morgan fingerprint density at radius 3 is 2.62 bits per heavy atom. The second-order valence-corrected chi connectivity index (χ2v) is 10.0. The summed E-state index contributed by atoms with van der Waals surface area (Å²) in [4.78, 5) is 52.3. The maximum absolute atomic E-state index is 14.5. The molecular weight excluding hydrogens is 587 g/mol. The van der Waals surface area contributed by atoms with Crippen LogP contribution < -0.4 is 15.8 Å². The lowest BCUT2D eigenvalue weighted by Crippen LogP contribution is -2.44. The number of hydrogen-bond acceptors (Lipinski definition) is 9. The van der Waals surface area contributed by atoms with Crippen molar-refractivity contribution >= 4 is 56.2 Å². The van der Waals surface area contributed by atoms with Gasteiger partial charge in [0.1, 0.15) is 40.6 Å². The van der Waals surface area contributed by atoms with Crippen molar-refractivity contribution in [1.82, 2.24) is 29.6 Å². The third-order valence-corrected chi connectivity index (χ3v) is 6.91. The molecule has 0 bridgehead atoms. The third-order valence-electron chi connectivity index (χ3n) is 6.50. The normalized spacial score (nSPS) is 16.8. The number of nitrogens with one attached hydrogen (secondary N) is 1. The molecular formula is C26H24BrFN8O4. The van der Waals surface area contributed by atoms with Gasteiger partial charge in [0, 0.05) is 48.8 Å². The summed E-state index contributed by atoms with van der Waals surface area (Å²) in [7, 11) is 1.47. The molecule has 0 aliphatic carbocycles. The van der Waals surface area contributed by atoms with Crippen LogP contribution in [-0.2, 0) is 16.1 Å².